The Balaban J connectivity index is 2.28. The molecule has 0 aliphatic rings. The molecule has 0 aliphatic carbocycles. The van der Waals surface area contributed by atoms with Gasteiger partial charge in [-0.05, 0) is 51.5 Å². The van der Waals surface area contributed by atoms with Crippen LogP contribution in [0.5, 0.6) is 0 Å². The van der Waals surface area contributed by atoms with Crippen LogP contribution in [-0.2, 0) is 0 Å². The molecule has 0 fully saturated rings. The van der Waals surface area contributed by atoms with E-state index in [-0.39, 0.29) is 17.8 Å². The zero-order chi connectivity index (χ0) is 15.7. The molecule has 4 nitrogen and oxygen atoms in total. The smallest absolute Gasteiger partial charge is 0.254 e. The fourth-order valence-electron chi connectivity index (χ4n) is 2.53. The second kappa shape index (κ2) is 5.68. The van der Waals surface area contributed by atoms with Gasteiger partial charge in [-0.3, -0.25) is 9.89 Å². The van der Waals surface area contributed by atoms with Crippen molar-refractivity contribution >= 4 is 5.91 Å². The van der Waals surface area contributed by atoms with Gasteiger partial charge in [0.1, 0.15) is 5.82 Å². The van der Waals surface area contributed by atoms with E-state index in [1.165, 1.54) is 12.1 Å². The number of H-pyrrole nitrogens is 1. The van der Waals surface area contributed by atoms with E-state index < -0.39 is 0 Å². The number of amides is 1. The Kier molecular flexibility index (Phi) is 4.11. The predicted octanol–water partition coefficient (Wildman–Crippen LogP) is 3.31. The Hall–Kier alpha value is -2.17. The molecule has 0 radical (unpaired) electrons. The van der Waals surface area contributed by atoms with Crippen LogP contribution >= 0.6 is 0 Å². The maximum absolute atomic E-state index is 13.3. The van der Waals surface area contributed by atoms with Crippen molar-refractivity contribution in [2.24, 2.45) is 0 Å². The van der Waals surface area contributed by atoms with E-state index in [2.05, 4.69) is 10.2 Å². The monoisotopic (exact) mass is 289 g/mol. The second-order valence-corrected chi connectivity index (χ2v) is 5.40. The lowest BCUT2D eigenvalue weighted by atomic mass is 10.0. The lowest BCUT2D eigenvalue weighted by molar-refractivity contribution is 0.0742. The number of halogens is 1. The molecular weight excluding hydrogens is 269 g/mol. The Bertz CT molecular complexity index is 659. The van der Waals surface area contributed by atoms with Gasteiger partial charge in [0.25, 0.3) is 5.91 Å². The maximum Gasteiger partial charge on any atom is 0.254 e. The third kappa shape index (κ3) is 2.82. The van der Waals surface area contributed by atoms with Gasteiger partial charge in [0, 0.05) is 23.9 Å². The number of rotatable bonds is 3. The van der Waals surface area contributed by atoms with Crippen LogP contribution in [0.15, 0.2) is 18.2 Å². The Morgan fingerprint density at radius 2 is 2.00 bits per heavy atom. The summed E-state index contributed by atoms with van der Waals surface area (Å²) in [7, 11) is 1.75. The normalized spacial score (nSPS) is 12.3. The number of hydrogen-bond donors (Lipinski definition) is 1. The summed E-state index contributed by atoms with van der Waals surface area (Å²) in [4.78, 5) is 14.2. The summed E-state index contributed by atoms with van der Waals surface area (Å²) in [6.45, 7) is 7.46. The minimum Gasteiger partial charge on any atom is -0.335 e. The molecule has 1 unspecified atom stereocenters. The second-order valence-electron chi connectivity index (χ2n) is 5.40. The van der Waals surface area contributed by atoms with Crippen LogP contribution < -0.4 is 0 Å². The molecule has 0 spiro atoms. The molecule has 21 heavy (non-hydrogen) atoms. The largest absolute Gasteiger partial charge is 0.335 e. The number of nitrogens with one attached hydrogen (secondary N) is 1. The fourth-order valence-corrected chi connectivity index (χ4v) is 2.53. The molecule has 1 aromatic carbocycles. The highest BCUT2D eigenvalue weighted by Crippen LogP contribution is 2.25. The molecule has 0 saturated carbocycles. The van der Waals surface area contributed by atoms with E-state index in [0.717, 1.165) is 17.0 Å². The number of nitrogens with zero attached hydrogens (tertiary/aromatic N) is 2. The van der Waals surface area contributed by atoms with Crippen LogP contribution in [-0.4, -0.2) is 28.1 Å². The average Bonchev–Trinajstić information content (AvgIpc) is 2.79. The van der Waals surface area contributed by atoms with Gasteiger partial charge in [0.15, 0.2) is 0 Å². The van der Waals surface area contributed by atoms with Crippen molar-refractivity contribution in [1.82, 2.24) is 15.1 Å². The van der Waals surface area contributed by atoms with Gasteiger partial charge in [0.05, 0.1) is 11.7 Å². The van der Waals surface area contributed by atoms with E-state index in [4.69, 9.17) is 0 Å². The zero-order valence-electron chi connectivity index (χ0n) is 13.0. The standard InChI is InChI=1S/C16H20FN3O/c1-9-8-13(6-7-14(9)17)16(21)20(5)12(4)15-10(2)18-19-11(15)3/h6-8,12H,1-5H3,(H,18,19). The van der Waals surface area contributed by atoms with E-state index in [0.29, 0.717) is 11.1 Å². The van der Waals surface area contributed by atoms with Gasteiger partial charge in [-0.15, -0.1) is 0 Å². The van der Waals surface area contributed by atoms with Crippen LogP contribution in [0, 0.1) is 26.6 Å². The molecule has 5 heteroatoms. The van der Waals surface area contributed by atoms with E-state index in [1.807, 2.05) is 20.8 Å². The van der Waals surface area contributed by atoms with Gasteiger partial charge in [-0.25, -0.2) is 4.39 Å². The topological polar surface area (TPSA) is 49.0 Å². The third-order valence-electron chi connectivity index (χ3n) is 3.91. The van der Waals surface area contributed by atoms with Crippen LogP contribution in [0.4, 0.5) is 4.39 Å². The van der Waals surface area contributed by atoms with Crippen molar-refractivity contribution in [1.29, 1.82) is 0 Å². The van der Waals surface area contributed by atoms with Crippen molar-refractivity contribution in [3.8, 4) is 0 Å². The molecule has 1 heterocycles. The summed E-state index contributed by atoms with van der Waals surface area (Å²) in [6.07, 6.45) is 0. The summed E-state index contributed by atoms with van der Waals surface area (Å²) in [5.41, 5.74) is 3.81. The zero-order valence-corrected chi connectivity index (χ0v) is 13.0. The molecule has 0 aliphatic heterocycles. The van der Waals surface area contributed by atoms with Crippen LogP contribution in [0.3, 0.4) is 0 Å². The highest BCUT2D eigenvalue weighted by atomic mass is 19.1. The summed E-state index contributed by atoms with van der Waals surface area (Å²) in [6, 6.07) is 4.32. The summed E-state index contributed by atoms with van der Waals surface area (Å²) < 4.78 is 13.3. The highest BCUT2D eigenvalue weighted by Gasteiger charge is 2.23. The van der Waals surface area contributed by atoms with E-state index in [9.17, 15) is 9.18 Å². The Morgan fingerprint density at radius 3 is 2.52 bits per heavy atom. The van der Waals surface area contributed by atoms with Gasteiger partial charge in [-0.2, -0.15) is 5.10 Å². The fraction of sp³-hybridized carbons (Fsp3) is 0.375. The van der Waals surface area contributed by atoms with Gasteiger partial charge in [-0.1, -0.05) is 0 Å². The lowest BCUT2D eigenvalue weighted by Gasteiger charge is -2.25. The van der Waals surface area contributed by atoms with Crippen molar-refractivity contribution in [3.05, 3.63) is 52.1 Å². The summed E-state index contributed by atoms with van der Waals surface area (Å²) in [5, 5.41) is 7.10. The molecule has 1 atom stereocenters. The number of carbonyl (C=O) groups is 1. The first-order valence-electron chi connectivity index (χ1n) is 6.87. The number of hydrogen-bond acceptors (Lipinski definition) is 2. The van der Waals surface area contributed by atoms with Crippen LogP contribution in [0.1, 0.15) is 45.8 Å². The maximum atomic E-state index is 13.3. The van der Waals surface area contributed by atoms with Gasteiger partial charge >= 0.3 is 0 Å². The summed E-state index contributed by atoms with van der Waals surface area (Å²) >= 11 is 0. The van der Waals surface area contributed by atoms with Crippen LogP contribution in [0.25, 0.3) is 0 Å². The Labute approximate surface area is 124 Å². The van der Waals surface area contributed by atoms with Crippen molar-refractivity contribution < 1.29 is 9.18 Å². The first-order chi connectivity index (χ1) is 9.82. The molecule has 1 N–H and O–H groups in total. The molecule has 1 amide bonds. The van der Waals surface area contributed by atoms with Crippen molar-refractivity contribution in [2.45, 2.75) is 33.7 Å². The molecular formula is C16H20FN3O. The first kappa shape index (κ1) is 15.2. The van der Waals surface area contributed by atoms with Crippen LogP contribution in [0.2, 0.25) is 0 Å². The first-order valence-corrected chi connectivity index (χ1v) is 6.87. The van der Waals surface area contributed by atoms with Gasteiger partial charge < -0.3 is 4.90 Å². The quantitative estimate of drug-likeness (QED) is 0.942. The molecule has 2 aromatic rings. The summed E-state index contributed by atoms with van der Waals surface area (Å²) in [5.74, 6) is -0.436. The Morgan fingerprint density at radius 1 is 1.33 bits per heavy atom. The van der Waals surface area contributed by atoms with Crippen molar-refractivity contribution in [3.63, 3.8) is 0 Å². The minimum atomic E-state index is -0.302. The lowest BCUT2D eigenvalue weighted by Crippen LogP contribution is -2.30. The van der Waals surface area contributed by atoms with Crippen molar-refractivity contribution in [2.75, 3.05) is 7.05 Å². The molecule has 112 valence electrons. The highest BCUT2D eigenvalue weighted by molar-refractivity contribution is 5.94. The minimum absolute atomic E-state index is 0.110. The van der Waals surface area contributed by atoms with Gasteiger partial charge in [0.2, 0.25) is 0 Å². The number of aromatic amines is 1. The van der Waals surface area contributed by atoms with E-state index in [1.54, 1.807) is 24.9 Å². The molecule has 2 rings (SSSR count). The SMILES string of the molecule is Cc1cc(C(=O)N(C)C(C)c2c(C)n[nH]c2C)ccc1F. The predicted molar refractivity (Wildman–Crippen MR) is 79.7 cm³/mol. The average molecular weight is 289 g/mol. The molecule has 1 aromatic heterocycles. The molecule has 0 bridgehead atoms. The molecule has 0 saturated heterocycles. The number of benzene rings is 1. The number of carbonyl (C=O) groups excluding carboxylic acids is 1. The third-order valence-corrected chi connectivity index (χ3v) is 3.91. The number of aromatic nitrogens is 2. The van der Waals surface area contributed by atoms with E-state index >= 15 is 0 Å². The number of aryl methyl sites for hydroxylation is 3.